The van der Waals surface area contributed by atoms with E-state index in [0.717, 1.165) is 25.0 Å². The first kappa shape index (κ1) is 15.8. The molecule has 2 N–H and O–H groups in total. The third kappa shape index (κ3) is 3.33. The third-order valence-corrected chi connectivity index (χ3v) is 5.15. The van der Waals surface area contributed by atoms with Crippen molar-refractivity contribution in [3.8, 4) is 5.75 Å². The van der Waals surface area contributed by atoms with Crippen molar-refractivity contribution < 1.29 is 14.3 Å². The van der Waals surface area contributed by atoms with Gasteiger partial charge in [-0.3, -0.25) is 9.59 Å². The molecule has 2 aliphatic rings. The van der Waals surface area contributed by atoms with Crippen molar-refractivity contribution in [2.45, 2.75) is 38.0 Å². The third-order valence-electron chi connectivity index (χ3n) is 5.15. The molecular formula is C18H24N2O3. The van der Waals surface area contributed by atoms with Crippen molar-refractivity contribution >= 4 is 11.8 Å². The minimum absolute atomic E-state index is 0.141. The number of carbonyl (C=O) groups is 2. The van der Waals surface area contributed by atoms with Crippen LogP contribution in [0.4, 0.5) is 0 Å². The van der Waals surface area contributed by atoms with E-state index in [9.17, 15) is 9.59 Å². The van der Waals surface area contributed by atoms with E-state index >= 15 is 0 Å². The summed E-state index contributed by atoms with van der Waals surface area (Å²) in [6.45, 7) is 1.13. The molecule has 1 fully saturated rings. The number of nitrogens with two attached hydrogens (primary N) is 1. The highest BCUT2D eigenvalue weighted by atomic mass is 16.5. The van der Waals surface area contributed by atoms with E-state index in [1.54, 1.807) is 12.0 Å². The van der Waals surface area contributed by atoms with E-state index in [2.05, 4.69) is 12.1 Å². The molecule has 1 saturated heterocycles. The number of rotatable bonds is 4. The summed E-state index contributed by atoms with van der Waals surface area (Å²) in [6, 6.07) is 6.16. The van der Waals surface area contributed by atoms with Gasteiger partial charge in [-0.2, -0.15) is 0 Å². The molecule has 0 saturated carbocycles. The predicted octanol–water partition coefficient (Wildman–Crippen LogP) is 1.84. The fourth-order valence-corrected chi connectivity index (χ4v) is 3.79. The SMILES string of the molecule is COc1ccc2c(c1)CCCC2CC(=O)N1CCC(C(N)=O)C1. The number of benzene rings is 1. The van der Waals surface area contributed by atoms with Gasteiger partial charge in [0.15, 0.2) is 0 Å². The molecule has 5 nitrogen and oxygen atoms in total. The second-order valence-corrected chi connectivity index (χ2v) is 6.59. The van der Waals surface area contributed by atoms with Crippen molar-refractivity contribution in [3.05, 3.63) is 29.3 Å². The molecule has 0 aromatic heterocycles. The van der Waals surface area contributed by atoms with E-state index in [1.165, 1.54) is 11.1 Å². The lowest BCUT2D eigenvalue weighted by molar-refractivity contribution is -0.131. The monoisotopic (exact) mass is 316 g/mol. The number of hydrogen-bond donors (Lipinski definition) is 1. The summed E-state index contributed by atoms with van der Waals surface area (Å²) in [5, 5.41) is 0. The van der Waals surface area contributed by atoms with Crippen LogP contribution in [-0.4, -0.2) is 36.9 Å². The van der Waals surface area contributed by atoms with E-state index < -0.39 is 0 Å². The maximum atomic E-state index is 12.6. The molecule has 1 heterocycles. The van der Waals surface area contributed by atoms with Crippen LogP contribution in [0.3, 0.4) is 0 Å². The molecule has 1 aromatic rings. The summed E-state index contributed by atoms with van der Waals surface area (Å²) in [5.74, 6) is 0.809. The van der Waals surface area contributed by atoms with E-state index in [4.69, 9.17) is 10.5 Å². The quantitative estimate of drug-likeness (QED) is 0.921. The van der Waals surface area contributed by atoms with Gasteiger partial charge in [-0.1, -0.05) is 6.07 Å². The van der Waals surface area contributed by atoms with Crippen LogP contribution < -0.4 is 10.5 Å². The summed E-state index contributed by atoms with van der Waals surface area (Å²) in [4.78, 5) is 25.6. The number of aryl methyl sites for hydroxylation is 1. The van der Waals surface area contributed by atoms with Crippen molar-refractivity contribution in [2.24, 2.45) is 11.7 Å². The van der Waals surface area contributed by atoms with Gasteiger partial charge in [0.05, 0.1) is 13.0 Å². The Labute approximate surface area is 136 Å². The van der Waals surface area contributed by atoms with E-state index in [1.807, 2.05) is 6.07 Å². The number of amides is 2. The van der Waals surface area contributed by atoms with Gasteiger partial charge in [0, 0.05) is 19.5 Å². The number of methoxy groups -OCH3 is 1. The second kappa shape index (κ2) is 6.60. The molecule has 0 radical (unpaired) electrons. The highest BCUT2D eigenvalue weighted by molar-refractivity contribution is 5.81. The van der Waals surface area contributed by atoms with Crippen LogP contribution in [0.1, 0.15) is 42.7 Å². The fraction of sp³-hybridized carbons (Fsp3) is 0.556. The van der Waals surface area contributed by atoms with E-state index in [0.29, 0.717) is 25.9 Å². The van der Waals surface area contributed by atoms with Crippen molar-refractivity contribution in [1.82, 2.24) is 4.90 Å². The molecule has 1 aliphatic heterocycles. The Balaban J connectivity index is 1.68. The highest BCUT2D eigenvalue weighted by Gasteiger charge is 2.31. The Hall–Kier alpha value is -2.04. The maximum absolute atomic E-state index is 12.6. The normalized spacial score (nSPS) is 23.4. The van der Waals surface area contributed by atoms with Crippen LogP contribution in [0, 0.1) is 5.92 Å². The molecule has 0 spiro atoms. The van der Waals surface area contributed by atoms with Crippen LogP contribution >= 0.6 is 0 Å². The Morgan fingerprint density at radius 2 is 2.17 bits per heavy atom. The number of primary amides is 1. The second-order valence-electron chi connectivity index (χ2n) is 6.59. The zero-order chi connectivity index (χ0) is 16.4. The number of likely N-dealkylation sites (tertiary alicyclic amines) is 1. The van der Waals surface area contributed by atoms with Crippen LogP contribution in [0.25, 0.3) is 0 Å². The number of hydrogen-bond acceptors (Lipinski definition) is 3. The summed E-state index contributed by atoms with van der Waals surface area (Å²) in [7, 11) is 1.67. The Bertz CT molecular complexity index is 614. The van der Waals surface area contributed by atoms with Crippen molar-refractivity contribution in [2.75, 3.05) is 20.2 Å². The molecule has 1 aromatic carbocycles. The summed E-state index contributed by atoms with van der Waals surface area (Å²) < 4.78 is 5.29. The molecule has 124 valence electrons. The van der Waals surface area contributed by atoms with Gasteiger partial charge in [-0.15, -0.1) is 0 Å². The molecule has 2 atom stereocenters. The number of nitrogens with zero attached hydrogens (tertiary/aromatic N) is 1. The van der Waals surface area contributed by atoms with Gasteiger partial charge in [0.25, 0.3) is 0 Å². The highest BCUT2D eigenvalue weighted by Crippen LogP contribution is 2.36. The molecule has 3 rings (SSSR count). The molecule has 5 heteroatoms. The Kier molecular flexibility index (Phi) is 4.55. The van der Waals surface area contributed by atoms with Crippen LogP contribution in [0.2, 0.25) is 0 Å². The zero-order valence-electron chi connectivity index (χ0n) is 13.6. The average molecular weight is 316 g/mol. The minimum Gasteiger partial charge on any atom is -0.497 e. The van der Waals surface area contributed by atoms with Crippen LogP contribution in [0.5, 0.6) is 5.75 Å². The molecule has 0 bridgehead atoms. The van der Waals surface area contributed by atoms with Gasteiger partial charge >= 0.3 is 0 Å². The van der Waals surface area contributed by atoms with Crippen molar-refractivity contribution in [3.63, 3.8) is 0 Å². The smallest absolute Gasteiger partial charge is 0.223 e. The lowest BCUT2D eigenvalue weighted by atomic mass is 9.80. The lowest BCUT2D eigenvalue weighted by Gasteiger charge is -2.27. The molecular weight excluding hydrogens is 292 g/mol. The maximum Gasteiger partial charge on any atom is 0.223 e. The summed E-state index contributed by atoms with van der Waals surface area (Å²) >= 11 is 0. The van der Waals surface area contributed by atoms with Gasteiger partial charge in [-0.05, 0) is 54.9 Å². The summed E-state index contributed by atoms with van der Waals surface area (Å²) in [5.41, 5.74) is 7.92. The zero-order valence-corrected chi connectivity index (χ0v) is 13.6. The Morgan fingerprint density at radius 3 is 2.87 bits per heavy atom. The predicted molar refractivity (Wildman–Crippen MR) is 87.2 cm³/mol. The average Bonchev–Trinajstić information content (AvgIpc) is 3.05. The largest absolute Gasteiger partial charge is 0.497 e. The standard InChI is InChI=1S/C18H24N2O3/c1-23-15-5-6-16-12(9-15)3-2-4-13(16)10-17(21)20-8-7-14(11-20)18(19)22/h5-6,9,13-14H,2-4,7-8,10-11H2,1H3,(H2,19,22). The molecule has 23 heavy (non-hydrogen) atoms. The first-order valence-electron chi connectivity index (χ1n) is 8.32. The van der Waals surface area contributed by atoms with Crippen LogP contribution in [-0.2, 0) is 16.0 Å². The van der Waals surface area contributed by atoms with Gasteiger partial charge in [0.2, 0.25) is 11.8 Å². The first-order chi connectivity index (χ1) is 11.1. The minimum atomic E-state index is -0.296. The molecule has 2 amide bonds. The summed E-state index contributed by atoms with van der Waals surface area (Å²) in [6.07, 6.45) is 4.40. The molecule has 1 aliphatic carbocycles. The number of fused-ring (bicyclic) bond motifs is 1. The van der Waals surface area contributed by atoms with Gasteiger partial charge < -0.3 is 15.4 Å². The van der Waals surface area contributed by atoms with E-state index in [-0.39, 0.29) is 23.7 Å². The topological polar surface area (TPSA) is 72.6 Å². The van der Waals surface area contributed by atoms with Crippen molar-refractivity contribution in [1.29, 1.82) is 0 Å². The fourth-order valence-electron chi connectivity index (χ4n) is 3.79. The van der Waals surface area contributed by atoms with Gasteiger partial charge in [-0.25, -0.2) is 0 Å². The Morgan fingerprint density at radius 1 is 1.35 bits per heavy atom. The molecule has 2 unspecified atom stereocenters. The van der Waals surface area contributed by atoms with Crippen LogP contribution in [0.15, 0.2) is 18.2 Å². The first-order valence-corrected chi connectivity index (χ1v) is 8.32. The lowest BCUT2D eigenvalue weighted by Crippen LogP contribution is -2.32. The number of carbonyl (C=O) groups excluding carboxylic acids is 2. The number of ether oxygens (including phenoxy) is 1. The van der Waals surface area contributed by atoms with Gasteiger partial charge in [0.1, 0.15) is 5.75 Å².